The molecule has 4 nitrogen and oxygen atoms in total. The Labute approximate surface area is 163 Å². The van der Waals surface area contributed by atoms with Gasteiger partial charge in [0.1, 0.15) is 0 Å². The molecule has 0 radical (unpaired) electrons. The number of carbonyl (C=O) groups is 1. The molecule has 2 aromatic rings. The summed E-state index contributed by atoms with van der Waals surface area (Å²) in [5, 5.41) is 0.870. The first-order valence-corrected chi connectivity index (χ1v) is 10.9. The standard InChI is InChI=1S/C19H19Cl2NO3S/c20-17-7-4-8-18(21)16(17)11-19(23)22(12-14-5-2-1-3-6-14)15-9-10-26(24,25)13-15/h1-8,15H,9-13H2/t15-/m1/s1. The van der Waals surface area contributed by atoms with Gasteiger partial charge in [0.15, 0.2) is 9.84 Å². The number of nitrogens with zero attached hydrogens (tertiary/aromatic N) is 1. The summed E-state index contributed by atoms with van der Waals surface area (Å²) in [5.41, 5.74) is 1.52. The van der Waals surface area contributed by atoms with E-state index in [1.165, 1.54) is 0 Å². The van der Waals surface area contributed by atoms with E-state index in [0.29, 0.717) is 28.6 Å². The average Bonchev–Trinajstić information content (AvgIpc) is 2.96. The van der Waals surface area contributed by atoms with Gasteiger partial charge in [0.25, 0.3) is 0 Å². The highest BCUT2D eigenvalue weighted by Gasteiger charge is 2.34. The van der Waals surface area contributed by atoms with E-state index in [4.69, 9.17) is 23.2 Å². The van der Waals surface area contributed by atoms with E-state index in [2.05, 4.69) is 0 Å². The molecule has 1 aliphatic rings. The van der Waals surface area contributed by atoms with E-state index in [-0.39, 0.29) is 29.9 Å². The third kappa shape index (κ3) is 4.58. The molecular weight excluding hydrogens is 393 g/mol. The molecule has 3 rings (SSSR count). The van der Waals surface area contributed by atoms with Crippen LogP contribution in [-0.2, 0) is 27.6 Å². The first-order valence-electron chi connectivity index (χ1n) is 8.32. The molecule has 0 unspecified atom stereocenters. The van der Waals surface area contributed by atoms with Crippen molar-refractivity contribution in [2.45, 2.75) is 25.4 Å². The SMILES string of the molecule is O=C(Cc1c(Cl)cccc1Cl)N(Cc1ccccc1)[C@@H]1CCS(=O)(=O)C1. The molecule has 0 N–H and O–H groups in total. The number of rotatable bonds is 5. The van der Waals surface area contributed by atoms with Crippen molar-refractivity contribution in [3.05, 3.63) is 69.7 Å². The average molecular weight is 412 g/mol. The van der Waals surface area contributed by atoms with E-state index in [1.54, 1.807) is 23.1 Å². The Balaban J connectivity index is 1.86. The zero-order valence-corrected chi connectivity index (χ0v) is 16.4. The maximum Gasteiger partial charge on any atom is 0.227 e. The molecule has 1 heterocycles. The molecule has 0 aliphatic carbocycles. The van der Waals surface area contributed by atoms with Gasteiger partial charge in [-0.1, -0.05) is 59.6 Å². The van der Waals surface area contributed by atoms with Gasteiger partial charge in [0.05, 0.1) is 17.9 Å². The zero-order chi connectivity index (χ0) is 18.7. The number of hydrogen-bond donors (Lipinski definition) is 0. The van der Waals surface area contributed by atoms with Crippen LogP contribution >= 0.6 is 23.2 Å². The van der Waals surface area contributed by atoms with Crippen LogP contribution in [0.3, 0.4) is 0 Å². The molecule has 1 amide bonds. The molecule has 0 saturated carbocycles. The lowest BCUT2D eigenvalue weighted by molar-refractivity contribution is -0.133. The predicted octanol–water partition coefficient (Wildman–Crippen LogP) is 3.75. The Morgan fingerprint density at radius 3 is 2.27 bits per heavy atom. The van der Waals surface area contributed by atoms with Crippen molar-refractivity contribution in [1.29, 1.82) is 0 Å². The van der Waals surface area contributed by atoms with Gasteiger partial charge in [-0.25, -0.2) is 8.42 Å². The monoisotopic (exact) mass is 411 g/mol. The lowest BCUT2D eigenvalue weighted by Crippen LogP contribution is -2.41. The van der Waals surface area contributed by atoms with Crippen LogP contribution in [0, 0.1) is 0 Å². The van der Waals surface area contributed by atoms with Crippen LogP contribution < -0.4 is 0 Å². The second kappa shape index (κ2) is 7.99. The first-order chi connectivity index (χ1) is 12.4. The van der Waals surface area contributed by atoms with Gasteiger partial charge in [-0.3, -0.25) is 4.79 Å². The molecular formula is C19H19Cl2NO3S. The fourth-order valence-corrected chi connectivity index (χ4v) is 5.44. The van der Waals surface area contributed by atoms with Crippen molar-refractivity contribution in [2.75, 3.05) is 11.5 Å². The molecule has 1 aliphatic heterocycles. The van der Waals surface area contributed by atoms with Crippen molar-refractivity contribution in [2.24, 2.45) is 0 Å². The van der Waals surface area contributed by atoms with Crippen molar-refractivity contribution in [1.82, 2.24) is 4.90 Å². The largest absolute Gasteiger partial charge is 0.334 e. The highest BCUT2D eigenvalue weighted by Crippen LogP contribution is 2.27. The van der Waals surface area contributed by atoms with Crippen LogP contribution in [0.15, 0.2) is 48.5 Å². The molecule has 7 heteroatoms. The lowest BCUT2D eigenvalue weighted by Gasteiger charge is -2.29. The van der Waals surface area contributed by atoms with Gasteiger partial charge < -0.3 is 4.90 Å². The Morgan fingerprint density at radius 2 is 1.69 bits per heavy atom. The summed E-state index contributed by atoms with van der Waals surface area (Å²) < 4.78 is 23.8. The van der Waals surface area contributed by atoms with Crippen LogP contribution in [0.5, 0.6) is 0 Å². The van der Waals surface area contributed by atoms with E-state index in [0.717, 1.165) is 5.56 Å². The molecule has 0 aromatic heterocycles. The molecule has 0 spiro atoms. The number of sulfone groups is 1. The maximum atomic E-state index is 13.0. The van der Waals surface area contributed by atoms with Gasteiger partial charge in [0.2, 0.25) is 5.91 Å². The summed E-state index contributed by atoms with van der Waals surface area (Å²) in [6, 6.07) is 14.3. The zero-order valence-electron chi connectivity index (χ0n) is 14.1. The fraction of sp³-hybridized carbons (Fsp3) is 0.316. The number of hydrogen-bond acceptors (Lipinski definition) is 3. The van der Waals surface area contributed by atoms with E-state index in [1.807, 2.05) is 30.3 Å². The molecule has 0 bridgehead atoms. The van der Waals surface area contributed by atoms with Crippen LogP contribution in [0.25, 0.3) is 0 Å². The van der Waals surface area contributed by atoms with Crippen molar-refractivity contribution in [3.63, 3.8) is 0 Å². The second-order valence-electron chi connectivity index (χ2n) is 6.44. The highest BCUT2D eigenvalue weighted by molar-refractivity contribution is 7.91. The van der Waals surface area contributed by atoms with Crippen LogP contribution in [-0.4, -0.2) is 36.8 Å². The quantitative estimate of drug-likeness (QED) is 0.752. The minimum Gasteiger partial charge on any atom is -0.334 e. The topological polar surface area (TPSA) is 54.5 Å². The molecule has 1 fully saturated rings. The molecule has 138 valence electrons. The summed E-state index contributed by atoms with van der Waals surface area (Å²) in [7, 11) is -3.10. The smallest absolute Gasteiger partial charge is 0.227 e. The minimum absolute atomic E-state index is 0.00181. The molecule has 26 heavy (non-hydrogen) atoms. The van der Waals surface area contributed by atoms with Gasteiger partial charge in [-0.15, -0.1) is 0 Å². The van der Waals surface area contributed by atoms with Crippen LogP contribution in [0.4, 0.5) is 0 Å². The second-order valence-corrected chi connectivity index (χ2v) is 9.48. The molecule has 1 saturated heterocycles. The summed E-state index contributed by atoms with van der Waals surface area (Å²) in [4.78, 5) is 14.7. The van der Waals surface area contributed by atoms with E-state index in [9.17, 15) is 13.2 Å². The van der Waals surface area contributed by atoms with Gasteiger partial charge in [0, 0.05) is 22.6 Å². The van der Waals surface area contributed by atoms with Gasteiger partial charge in [-0.2, -0.15) is 0 Å². The Morgan fingerprint density at radius 1 is 1.04 bits per heavy atom. The normalized spacial score (nSPS) is 18.6. The van der Waals surface area contributed by atoms with Crippen molar-refractivity contribution < 1.29 is 13.2 Å². The molecule has 1 atom stereocenters. The van der Waals surface area contributed by atoms with Crippen LogP contribution in [0.2, 0.25) is 10.0 Å². The summed E-state index contributed by atoms with van der Waals surface area (Å²) in [6.45, 7) is 0.363. The number of benzene rings is 2. The predicted molar refractivity (Wildman–Crippen MR) is 104 cm³/mol. The first kappa shape index (κ1) is 19.2. The van der Waals surface area contributed by atoms with Gasteiger partial charge in [-0.05, 0) is 29.7 Å². The number of halogens is 2. The van der Waals surface area contributed by atoms with Crippen molar-refractivity contribution in [3.8, 4) is 0 Å². The fourth-order valence-electron chi connectivity index (χ4n) is 3.18. The minimum atomic E-state index is -3.10. The summed E-state index contributed by atoms with van der Waals surface area (Å²) in [6.07, 6.45) is 0.499. The summed E-state index contributed by atoms with van der Waals surface area (Å²) in [5.74, 6) is -0.0591. The third-order valence-corrected chi connectivity index (χ3v) is 7.01. The van der Waals surface area contributed by atoms with E-state index < -0.39 is 9.84 Å². The van der Waals surface area contributed by atoms with Crippen LogP contribution in [0.1, 0.15) is 17.5 Å². The van der Waals surface area contributed by atoms with Crippen molar-refractivity contribution >= 4 is 38.9 Å². The Kier molecular flexibility index (Phi) is 5.90. The van der Waals surface area contributed by atoms with E-state index >= 15 is 0 Å². The third-order valence-electron chi connectivity index (χ3n) is 4.55. The molecule has 2 aromatic carbocycles. The maximum absolute atomic E-state index is 13.0. The lowest BCUT2D eigenvalue weighted by atomic mass is 10.1. The van der Waals surface area contributed by atoms with Gasteiger partial charge >= 0.3 is 0 Å². The highest BCUT2D eigenvalue weighted by atomic mass is 35.5. The Hall–Kier alpha value is -1.56. The number of amides is 1. The summed E-state index contributed by atoms with van der Waals surface area (Å²) >= 11 is 12.4. The number of carbonyl (C=O) groups excluding carboxylic acids is 1. The Bertz CT molecular complexity index is 880.